The van der Waals surface area contributed by atoms with Crippen molar-refractivity contribution in [1.82, 2.24) is 4.98 Å². The van der Waals surface area contributed by atoms with E-state index in [4.69, 9.17) is 5.11 Å². The Balaban J connectivity index is 2.43. The lowest BCUT2D eigenvalue weighted by Crippen LogP contribution is -2.11. The molecule has 19 heavy (non-hydrogen) atoms. The molecule has 1 N–H and O–H groups in total. The lowest BCUT2D eigenvalue weighted by Gasteiger charge is -2.05. The standard InChI is InChI=1S/C12H11NO4S2/c1-8-6-18-11(13-8)7-19(16,17)10-5-3-2-4-9(10)12(14)15/h2-6H,7H2,1H3,(H,14,15). The molecular formula is C12H11NO4S2. The molecule has 2 aromatic rings. The number of sulfone groups is 1. The molecule has 1 aromatic carbocycles. The van der Waals surface area contributed by atoms with Crippen LogP contribution in [0.2, 0.25) is 0 Å². The molecule has 0 aliphatic rings. The normalized spacial score (nSPS) is 11.4. The second-order valence-electron chi connectivity index (χ2n) is 3.94. The van der Waals surface area contributed by atoms with E-state index in [0.29, 0.717) is 5.01 Å². The maximum absolute atomic E-state index is 12.2. The predicted molar refractivity (Wildman–Crippen MR) is 71.1 cm³/mol. The summed E-state index contributed by atoms with van der Waals surface area (Å²) in [5.41, 5.74) is 0.539. The molecule has 100 valence electrons. The number of hydrogen-bond acceptors (Lipinski definition) is 5. The Labute approximate surface area is 114 Å². The summed E-state index contributed by atoms with van der Waals surface area (Å²) >= 11 is 1.25. The molecule has 7 heteroatoms. The van der Waals surface area contributed by atoms with Crippen LogP contribution in [-0.4, -0.2) is 24.5 Å². The lowest BCUT2D eigenvalue weighted by atomic mass is 10.2. The molecule has 0 spiro atoms. The van der Waals surface area contributed by atoms with Crippen LogP contribution in [0.3, 0.4) is 0 Å². The summed E-state index contributed by atoms with van der Waals surface area (Å²) < 4.78 is 24.5. The quantitative estimate of drug-likeness (QED) is 0.934. The number of carboxylic acid groups (broad SMARTS) is 1. The van der Waals surface area contributed by atoms with Gasteiger partial charge in [-0.1, -0.05) is 12.1 Å². The molecular weight excluding hydrogens is 286 g/mol. The Morgan fingerprint density at radius 1 is 1.37 bits per heavy atom. The first-order chi connectivity index (χ1) is 8.90. The summed E-state index contributed by atoms with van der Waals surface area (Å²) in [5.74, 6) is -1.54. The molecule has 0 fully saturated rings. The zero-order chi connectivity index (χ0) is 14.0. The number of carboxylic acids is 1. The average Bonchev–Trinajstić information content (AvgIpc) is 2.74. The zero-order valence-corrected chi connectivity index (χ0v) is 11.7. The van der Waals surface area contributed by atoms with E-state index in [1.54, 1.807) is 12.3 Å². The molecule has 0 saturated heterocycles. The van der Waals surface area contributed by atoms with Gasteiger partial charge in [0.15, 0.2) is 9.84 Å². The Hall–Kier alpha value is -1.73. The highest BCUT2D eigenvalue weighted by molar-refractivity contribution is 7.90. The Kier molecular flexibility index (Phi) is 3.68. The molecule has 0 saturated carbocycles. The maximum atomic E-state index is 12.2. The zero-order valence-electron chi connectivity index (χ0n) is 10.0. The van der Waals surface area contributed by atoms with E-state index in [-0.39, 0.29) is 16.2 Å². The monoisotopic (exact) mass is 297 g/mol. The summed E-state index contributed by atoms with van der Waals surface area (Å²) in [6, 6.07) is 5.59. The van der Waals surface area contributed by atoms with Gasteiger partial charge in [-0.05, 0) is 19.1 Å². The number of aromatic nitrogens is 1. The van der Waals surface area contributed by atoms with Gasteiger partial charge in [0.25, 0.3) is 0 Å². The van der Waals surface area contributed by atoms with Crippen molar-refractivity contribution in [3.05, 3.63) is 45.9 Å². The number of aryl methyl sites for hydroxylation is 1. The van der Waals surface area contributed by atoms with Crippen LogP contribution in [0.25, 0.3) is 0 Å². The first-order valence-electron chi connectivity index (χ1n) is 5.36. The van der Waals surface area contributed by atoms with E-state index in [9.17, 15) is 13.2 Å². The fraction of sp³-hybridized carbons (Fsp3) is 0.167. The molecule has 0 aliphatic heterocycles. The molecule has 1 heterocycles. The van der Waals surface area contributed by atoms with Crippen molar-refractivity contribution in [2.45, 2.75) is 17.6 Å². The van der Waals surface area contributed by atoms with Crippen molar-refractivity contribution in [3.8, 4) is 0 Å². The van der Waals surface area contributed by atoms with Crippen molar-refractivity contribution in [2.24, 2.45) is 0 Å². The van der Waals surface area contributed by atoms with Gasteiger partial charge in [0.05, 0.1) is 10.5 Å². The molecule has 2 rings (SSSR count). The van der Waals surface area contributed by atoms with Crippen molar-refractivity contribution >= 4 is 27.1 Å². The minimum atomic E-state index is -3.71. The van der Waals surface area contributed by atoms with Crippen LogP contribution in [0.1, 0.15) is 21.1 Å². The van der Waals surface area contributed by atoms with Crippen LogP contribution in [0.5, 0.6) is 0 Å². The van der Waals surface area contributed by atoms with Crippen molar-refractivity contribution < 1.29 is 18.3 Å². The van der Waals surface area contributed by atoms with Crippen LogP contribution < -0.4 is 0 Å². The first-order valence-corrected chi connectivity index (χ1v) is 7.89. The second-order valence-corrected chi connectivity index (χ2v) is 6.84. The highest BCUT2D eigenvalue weighted by atomic mass is 32.2. The number of benzene rings is 1. The predicted octanol–water partition coefficient (Wildman–Crippen LogP) is 2.12. The van der Waals surface area contributed by atoms with Gasteiger partial charge in [0.2, 0.25) is 0 Å². The van der Waals surface area contributed by atoms with Crippen LogP contribution in [-0.2, 0) is 15.6 Å². The smallest absolute Gasteiger partial charge is 0.337 e. The number of aromatic carboxylic acids is 1. The molecule has 1 aromatic heterocycles. The SMILES string of the molecule is Cc1csc(CS(=O)(=O)c2ccccc2C(=O)O)n1. The van der Waals surface area contributed by atoms with Gasteiger partial charge < -0.3 is 5.11 Å². The molecule has 5 nitrogen and oxygen atoms in total. The number of rotatable bonds is 4. The highest BCUT2D eigenvalue weighted by Crippen LogP contribution is 2.22. The van der Waals surface area contributed by atoms with Crippen LogP contribution in [0.4, 0.5) is 0 Å². The fourth-order valence-electron chi connectivity index (χ4n) is 1.62. The summed E-state index contributed by atoms with van der Waals surface area (Å²) in [6.07, 6.45) is 0. The van der Waals surface area contributed by atoms with E-state index in [1.165, 1.54) is 35.6 Å². The van der Waals surface area contributed by atoms with Gasteiger partial charge in [0, 0.05) is 11.1 Å². The van der Waals surface area contributed by atoms with E-state index in [1.807, 2.05) is 0 Å². The Bertz CT molecular complexity index is 719. The van der Waals surface area contributed by atoms with Gasteiger partial charge in [0.1, 0.15) is 10.8 Å². The van der Waals surface area contributed by atoms with E-state index < -0.39 is 15.8 Å². The Morgan fingerprint density at radius 3 is 2.63 bits per heavy atom. The number of nitrogens with zero attached hydrogens (tertiary/aromatic N) is 1. The third kappa shape index (κ3) is 2.99. The van der Waals surface area contributed by atoms with Crippen LogP contribution in [0, 0.1) is 6.92 Å². The molecule has 0 unspecified atom stereocenters. The number of thiazole rings is 1. The average molecular weight is 297 g/mol. The third-order valence-electron chi connectivity index (χ3n) is 2.43. The Morgan fingerprint density at radius 2 is 2.05 bits per heavy atom. The second kappa shape index (κ2) is 5.10. The van der Waals surface area contributed by atoms with Gasteiger partial charge >= 0.3 is 5.97 Å². The van der Waals surface area contributed by atoms with Crippen LogP contribution in [0.15, 0.2) is 34.5 Å². The van der Waals surface area contributed by atoms with Gasteiger partial charge in [-0.15, -0.1) is 11.3 Å². The van der Waals surface area contributed by atoms with Crippen molar-refractivity contribution in [3.63, 3.8) is 0 Å². The van der Waals surface area contributed by atoms with Crippen molar-refractivity contribution in [1.29, 1.82) is 0 Å². The lowest BCUT2D eigenvalue weighted by molar-refractivity contribution is 0.0692. The summed E-state index contributed by atoms with van der Waals surface area (Å²) in [6.45, 7) is 1.78. The molecule has 0 amide bonds. The summed E-state index contributed by atoms with van der Waals surface area (Å²) in [5, 5.41) is 11.2. The largest absolute Gasteiger partial charge is 0.478 e. The fourth-order valence-corrected chi connectivity index (χ4v) is 4.24. The van der Waals surface area contributed by atoms with Gasteiger partial charge in [-0.3, -0.25) is 0 Å². The summed E-state index contributed by atoms with van der Waals surface area (Å²) in [7, 11) is -3.71. The van der Waals surface area contributed by atoms with Gasteiger partial charge in [-0.25, -0.2) is 18.2 Å². The highest BCUT2D eigenvalue weighted by Gasteiger charge is 2.23. The van der Waals surface area contributed by atoms with Crippen LogP contribution >= 0.6 is 11.3 Å². The topological polar surface area (TPSA) is 84.3 Å². The maximum Gasteiger partial charge on any atom is 0.337 e. The van der Waals surface area contributed by atoms with Gasteiger partial charge in [-0.2, -0.15) is 0 Å². The minimum Gasteiger partial charge on any atom is -0.478 e. The van der Waals surface area contributed by atoms with E-state index >= 15 is 0 Å². The molecule has 0 radical (unpaired) electrons. The van der Waals surface area contributed by atoms with E-state index in [0.717, 1.165) is 5.69 Å². The third-order valence-corrected chi connectivity index (χ3v) is 5.26. The molecule has 0 bridgehead atoms. The minimum absolute atomic E-state index is 0.171. The first kappa shape index (κ1) is 13.7. The van der Waals surface area contributed by atoms with E-state index in [2.05, 4.69) is 4.98 Å². The molecule has 0 aliphatic carbocycles. The number of carbonyl (C=O) groups is 1. The van der Waals surface area contributed by atoms with Crippen molar-refractivity contribution in [2.75, 3.05) is 0 Å². The summed E-state index contributed by atoms with van der Waals surface area (Å²) in [4.78, 5) is 15.0. The number of hydrogen-bond donors (Lipinski definition) is 1. The molecule has 0 atom stereocenters.